The summed E-state index contributed by atoms with van der Waals surface area (Å²) in [6.45, 7) is 3.18. The molecule has 0 aliphatic rings. The third kappa shape index (κ3) is 2.53. The number of nitro groups is 1. The van der Waals surface area contributed by atoms with E-state index < -0.39 is 4.92 Å². The average Bonchev–Trinajstić information content (AvgIpc) is 2.16. The van der Waals surface area contributed by atoms with Gasteiger partial charge in [0, 0.05) is 18.1 Å². The fraction of sp³-hybridized carbons (Fsp3) is 0.300. The van der Waals surface area contributed by atoms with Crippen molar-refractivity contribution in [1.29, 1.82) is 0 Å². The number of nitrogens with zero attached hydrogens (tertiary/aromatic N) is 1. The van der Waals surface area contributed by atoms with Crippen molar-refractivity contribution in [2.24, 2.45) is 0 Å². The van der Waals surface area contributed by atoms with Gasteiger partial charge in [-0.2, -0.15) is 0 Å². The largest absolute Gasteiger partial charge is 0.299 e. The number of carbonyl (C=O) groups is 1. The minimum absolute atomic E-state index is 0.0225. The van der Waals surface area contributed by atoms with Crippen LogP contribution in [-0.2, 0) is 4.79 Å². The maximum atomic E-state index is 11.1. The Bertz CT molecular complexity index is 417. The second-order valence-electron chi connectivity index (χ2n) is 3.30. The van der Waals surface area contributed by atoms with Gasteiger partial charge in [-0.05, 0) is 12.5 Å². The Labute approximate surface area is 92.0 Å². The molecular weight excluding hydrogens is 218 g/mol. The van der Waals surface area contributed by atoms with Crippen LogP contribution < -0.4 is 0 Å². The zero-order chi connectivity index (χ0) is 11.6. The van der Waals surface area contributed by atoms with E-state index in [2.05, 4.69) is 0 Å². The summed E-state index contributed by atoms with van der Waals surface area (Å²) in [7, 11) is 0. The molecule has 0 amide bonds. The lowest BCUT2D eigenvalue weighted by Gasteiger charge is -2.09. The van der Waals surface area contributed by atoms with Crippen molar-refractivity contribution >= 4 is 23.1 Å². The minimum atomic E-state index is -0.520. The molecule has 80 valence electrons. The smallest absolute Gasteiger partial charge is 0.270 e. The molecule has 4 nitrogen and oxygen atoms in total. The molecule has 0 bridgehead atoms. The fourth-order valence-electron chi connectivity index (χ4n) is 1.20. The van der Waals surface area contributed by atoms with Gasteiger partial charge in [-0.1, -0.05) is 24.6 Å². The van der Waals surface area contributed by atoms with Crippen LogP contribution in [0.3, 0.4) is 0 Å². The lowest BCUT2D eigenvalue weighted by atomic mass is 9.97. The summed E-state index contributed by atoms with van der Waals surface area (Å²) in [5.74, 6) is -0.357. The van der Waals surface area contributed by atoms with Crippen LogP contribution in [0.4, 0.5) is 5.69 Å². The molecule has 0 saturated carbocycles. The highest BCUT2D eigenvalue weighted by Gasteiger charge is 2.16. The average molecular weight is 228 g/mol. The number of benzene rings is 1. The molecule has 0 spiro atoms. The first-order valence-electron chi connectivity index (χ1n) is 4.37. The van der Waals surface area contributed by atoms with Gasteiger partial charge in [-0.15, -0.1) is 0 Å². The lowest BCUT2D eigenvalue weighted by Crippen LogP contribution is -2.05. The molecule has 0 aromatic heterocycles. The highest BCUT2D eigenvalue weighted by molar-refractivity contribution is 6.31. The summed E-state index contributed by atoms with van der Waals surface area (Å²) < 4.78 is 0. The molecule has 0 N–H and O–H groups in total. The van der Waals surface area contributed by atoms with Crippen molar-refractivity contribution in [1.82, 2.24) is 0 Å². The first-order chi connectivity index (χ1) is 6.93. The van der Waals surface area contributed by atoms with Crippen molar-refractivity contribution in [3.63, 3.8) is 0 Å². The summed E-state index contributed by atoms with van der Waals surface area (Å²) >= 11 is 5.86. The Balaban J connectivity index is 3.13. The number of hydrogen-bond donors (Lipinski definition) is 0. The van der Waals surface area contributed by atoms with Crippen LogP contribution in [0.2, 0.25) is 5.02 Å². The second kappa shape index (κ2) is 4.40. The van der Waals surface area contributed by atoms with E-state index in [9.17, 15) is 14.9 Å². The lowest BCUT2D eigenvalue weighted by molar-refractivity contribution is -0.384. The first-order valence-corrected chi connectivity index (χ1v) is 4.75. The summed E-state index contributed by atoms with van der Waals surface area (Å²) in [6.07, 6.45) is 0. The van der Waals surface area contributed by atoms with E-state index in [1.165, 1.54) is 25.1 Å². The standard InChI is InChI=1S/C10H10ClNO3/c1-6(7(2)13)9-4-3-8(12(14)15)5-10(9)11/h3-6H,1-2H3. The molecule has 1 atom stereocenters. The van der Waals surface area contributed by atoms with Crippen LogP contribution in [0.25, 0.3) is 0 Å². The van der Waals surface area contributed by atoms with Gasteiger partial charge in [0.25, 0.3) is 5.69 Å². The van der Waals surface area contributed by atoms with Gasteiger partial charge in [0.1, 0.15) is 5.78 Å². The van der Waals surface area contributed by atoms with Gasteiger partial charge in [0.15, 0.2) is 0 Å². The van der Waals surface area contributed by atoms with E-state index in [0.717, 1.165) is 0 Å². The number of halogens is 1. The maximum Gasteiger partial charge on any atom is 0.270 e. The molecule has 0 aliphatic heterocycles. The predicted octanol–water partition coefficient (Wildman–Crippen LogP) is 2.94. The van der Waals surface area contributed by atoms with Gasteiger partial charge >= 0.3 is 0 Å². The molecule has 0 radical (unpaired) electrons. The van der Waals surface area contributed by atoms with Crippen molar-refractivity contribution in [2.45, 2.75) is 19.8 Å². The third-order valence-corrected chi connectivity index (χ3v) is 2.60. The van der Waals surface area contributed by atoms with Crippen molar-refractivity contribution in [2.75, 3.05) is 0 Å². The normalized spacial score (nSPS) is 12.2. The van der Waals surface area contributed by atoms with Crippen molar-refractivity contribution < 1.29 is 9.72 Å². The minimum Gasteiger partial charge on any atom is -0.299 e. The second-order valence-corrected chi connectivity index (χ2v) is 3.70. The third-order valence-electron chi connectivity index (χ3n) is 2.27. The van der Waals surface area contributed by atoms with Gasteiger partial charge in [-0.25, -0.2) is 0 Å². The highest BCUT2D eigenvalue weighted by atomic mass is 35.5. The molecule has 0 aliphatic carbocycles. The summed E-state index contributed by atoms with van der Waals surface area (Å²) in [5, 5.41) is 10.7. The van der Waals surface area contributed by atoms with E-state index in [1.54, 1.807) is 6.92 Å². The molecule has 1 aromatic carbocycles. The van der Waals surface area contributed by atoms with E-state index in [-0.39, 0.29) is 22.4 Å². The van der Waals surface area contributed by atoms with Crippen LogP contribution in [0.1, 0.15) is 25.3 Å². The number of nitro benzene ring substituents is 1. The molecule has 1 unspecified atom stereocenters. The number of rotatable bonds is 3. The van der Waals surface area contributed by atoms with Gasteiger partial charge in [0.05, 0.1) is 9.95 Å². The first kappa shape index (κ1) is 11.7. The monoisotopic (exact) mass is 227 g/mol. The Morgan fingerprint density at radius 2 is 2.13 bits per heavy atom. The number of ketones is 1. The number of carbonyl (C=O) groups excluding carboxylic acids is 1. The zero-order valence-corrected chi connectivity index (χ0v) is 9.12. The molecular formula is C10H10ClNO3. The molecule has 0 saturated heterocycles. The van der Waals surface area contributed by atoms with Gasteiger partial charge < -0.3 is 0 Å². The van der Waals surface area contributed by atoms with E-state index in [4.69, 9.17) is 11.6 Å². The number of non-ortho nitro benzene ring substituents is 1. The van der Waals surface area contributed by atoms with Gasteiger partial charge in [-0.3, -0.25) is 14.9 Å². The Kier molecular flexibility index (Phi) is 3.42. The van der Waals surface area contributed by atoms with Crippen molar-refractivity contribution in [3.05, 3.63) is 38.9 Å². The number of hydrogen-bond acceptors (Lipinski definition) is 3. The van der Waals surface area contributed by atoms with E-state index in [0.29, 0.717) is 5.56 Å². The SMILES string of the molecule is CC(=O)C(C)c1ccc([N+](=O)[O-])cc1Cl. The Hall–Kier alpha value is -1.42. The molecule has 0 heterocycles. The van der Waals surface area contributed by atoms with E-state index in [1.807, 2.05) is 0 Å². The summed E-state index contributed by atoms with van der Waals surface area (Å²) in [6, 6.07) is 4.13. The Morgan fingerprint density at radius 3 is 2.53 bits per heavy atom. The Morgan fingerprint density at radius 1 is 1.53 bits per heavy atom. The van der Waals surface area contributed by atoms with Crippen LogP contribution in [-0.4, -0.2) is 10.7 Å². The van der Waals surface area contributed by atoms with Crippen LogP contribution in [0, 0.1) is 10.1 Å². The highest BCUT2D eigenvalue weighted by Crippen LogP contribution is 2.28. The summed E-state index contributed by atoms with van der Waals surface area (Å²) in [5.41, 5.74) is 0.550. The number of Topliss-reactive ketones (excluding diaryl/α,β-unsaturated/α-hetero) is 1. The maximum absolute atomic E-state index is 11.1. The molecule has 15 heavy (non-hydrogen) atoms. The van der Waals surface area contributed by atoms with Crippen LogP contribution in [0.15, 0.2) is 18.2 Å². The topological polar surface area (TPSA) is 60.2 Å². The van der Waals surface area contributed by atoms with Crippen LogP contribution in [0.5, 0.6) is 0 Å². The van der Waals surface area contributed by atoms with Crippen LogP contribution >= 0.6 is 11.6 Å². The summed E-state index contributed by atoms with van der Waals surface area (Å²) in [4.78, 5) is 21.1. The predicted molar refractivity (Wildman–Crippen MR) is 57.2 cm³/mol. The molecule has 1 aromatic rings. The van der Waals surface area contributed by atoms with Crippen molar-refractivity contribution in [3.8, 4) is 0 Å². The quantitative estimate of drug-likeness (QED) is 0.589. The molecule has 5 heteroatoms. The van der Waals surface area contributed by atoms with E-state index >= 15 is 0 Å². The van der Waals surface area contributed by atoms with Gasteiger partial charge in [0.2, 0.25) is 0 Å². The fourth-order valence-corrected chi connectivity index (χ4v) is 1.54. The zero-order valence-electron chi connectivity index (χ0n) is 8.36. The molecule has 0 fully saturated rings. The molecule has 1 rings (SSSR count).